The van der Waals surface area contributed by atoms with E-state index in [1.165, 1.54) is 42.0 Å². The smallest absolute Gasteiger partial charge is 0.135 e. The van der Waals surface area contributed by atoms with Crippen molar-refractivity contribution in [1.82, 2.24) is 19.9 Å². The molecule has 3 heterocycles. The molecule has 0 atom stereocenters. The van der Waals surface area contributed by atoms with Crippen molar-refractivity contribution in [3.05, 3.63) is 34.7 Å². The van der Waals surface area contributed by atoms with Gasteiger partial charge in [-0.05, 0) is 45.4 Å². The Bertz CT molecular complexity index is 852. The van der Waals surface area contributed by atoms with E-state index >= 15 is 0 Å². The molecule has 0 spiro atoms. The number of hydrogen-bond donors (Lipinski definition) is 0. The van der Waals surface area contributed by atoms with Crippen molar-refractivity contribution in [2.45, 2.75) is 58.3 Å². The second-order valence-corrected chi connectivity index (χ2v) is 8.05. The fourth-order valence-electron chi connectivity index (χ4n) is 4.31. The Kier molecular flexibility index (Phi) is 4.21. The van der Waals surface area contributed by atoms with Gasteiger partial charge < -0.3 is 9.80 Å². The monoisotopic (exact) mass is 364 g/mol. The lowest BCUT2D eigenvalue weighted by atomic mass is 10.2. The van der Waals surface area contributed by atoms with Crippen molar-refractivity contribution < 1.29 is 0 Å². The third-order valence-electron chi connectivity index (χ3n) is 6.01. The molecule has 2 aliphatic carbocycles. The molecule has 142 valence electrons. The largest absolute Gasteiger partial charge is 0.353 e. The summed E-state index contributed by atoms with van der Waals surface area (Å²) in [5.74, 6) is 4.88. The van der Waals surface area contributed by atoms with Crippen molar-refractivity contribution in [2.24, 2.45) is 0 Å². The Morgan fingerprint density at radius 3 is 2.48 bits per heavy atom. The highest BCUT2D eigenvalue weighted by Crippen LogP contribution is 2.39. The summed E-state index contributed by atoms with van der Waals surface area (Å²) in [6.45, 7) is 8.16. The Labute approximate surface area is 161 Å². The summed E-state index contributed by atoms with van der Waals surface area (Å²) in [7, 11) is 0. The van der Waals surface area contributed by atoms with E-state index in [-0.39, 0.29) is 0 Å². The number of nitrogens with zero attached hydrogens (tertiary/aromatic N) is 6. The van der Waals surface area contributed by atoms with Crippen LogP contribution in [0.2, 0.25) is 0 Å². The van der Waals surface area contributed by atoms with Crippen LogP contribution >= 0.6 is 0 Å². The maximum atomic E-state index is 4.91. The average molecular weight is 364 g/mol. The molecule has 0 amide bonds. The van der Waals surface area contributed by atoms with E-state index in [2.05, 4.69) is 27.8 Å². The van der Waals surface area contributed by atoms with E-state index in [0.29, 0.717) is 5.92 Å². The number of hydrogen-bond acceptors (Lipinski definition) is 6. The molecule has 2 aromatic heterocycles. The van der Waals surface area contributed by atoms with E-state index in [1.54, 1.807) is 0 Å². The third-order valence-corrected chi connectivity index (χ3v) is 6.01. The van der Waals surface area contributed by atoms with Gasteiger partial charge in [-0.2, -0.15) is 0 Å². The molecule has 6 nitrogen and oxygen atoms in total. The zero-order chi connectivity index (χ0) is 18.4. The fraction of sp³-hybridized carbons (Fsp3) is 0.619. The highest BCUT2D eigenvalue weighted by molar-refractivity contribution is 5.53. The maximum Gasteiger partial charge on any atom is 0.135 e. The van der Waals surface area contributed by atoms with Crippen molar-refractivity contribution in [3.63, 3.8) is 0 Å². The van der Waals surface area contributed by atoms with E-state index in [4.69, 9.17) is 15.0 Å². The van der Waals surface area contributed by atoms with Crippen LogP contribution in [-0.2, 0) is 19.3 Å². The molecule has 27 heavy (non-hydrogen) atoms. The molecule has 0 bridgehead atoms. The third kappa shape index (κ3) is 3.26. The minimum absolute atomic E-state index is 0.600. The van der Waals surface area contributed by atoms with E-state index in [9.17, 15) is 0 Å². The molecule has 0 radical (unpaired) electrons. The quantitative estimate of drug-likeness (QED) is 0.831. The van der Waals surface area contributed by atoms with Gasteiger partial charge in [-0.25, -0.2) is 19.9 Å². The molecule has 0 N–H and O–H groups in total. The van der Waals surface area contributed by atoms with Gasteiger partial charge >= 0.3 is 0 Å². The van der Waals surface area contributed by atoms with Gasteiger partial charge in [0.1, 0.15) is 23.3 Å². The summed E-state index contributed by atoms with van der Waals surface area (Å²) >= 11 is 0. The first kappa shape index (κ1) is 16.9. The van der Waals surface area contributed by atoms with Crippen molar-refractivity contribution in [2.75, 3.05) is 36.0 Å². The molecule has 3 aliphatic rings. The van der Waals surface area contributed by atoms with Gasteiger partial charge in [0.25, 0.3) is 0 Å². The predicted molar refractivity (Wildman–Crippen MR) is 107 cm³/mol. The Morgan fingerprint density at radius 2 is 1.74 bits per heavy atom. The Balaban J connectivity index is 1.35. The van der Waals surface area contributed by atoms with E-state index < -0.39 is 0 Å². The lowest BCUT2D eigenvalue weighted by molar-refractivity contribution is 0.634. The summed E-state index contributed by atoms with van der Waals surface area (Å²) in [6, 6.07) is 2.19. The first-order valence-corrected chi connectivity index (χ1v) is 10.5. The van der Waals surface area contributed by atoms with Gasteiger partial charge in [-0.15, -0.1) is 0 Å². The minimum Gasteiger partial charge on any atom is -0.353 e. The van der Waals surface area contributed by atoms with Crippen molar-refractivity contribution >= 4 is 11.6 Å². The van der Waals surface area contributed by atoms with E-state index in [0.717, 1.165) is 62.9 Å². The summed E-state index contributed by atoms with van der Waals surface area (Å²) in [5.41, 5.74) is 3.84. The number of aryl methyl sites for hydroxylation is 3. The fourth-order valence-corrected chi connectivity index (χ4v) is 4.31. The molecular formula is C21H28N6. The van der Waals surface area contributed by atoms with Crippen LogP contribution < -0.4 is 9.80 Å². The lowest BCUT2D eigenvalue weighted by Crippen LogP contribution is -2.47. The van der Waals surface area contributed by atoms with Crippen molar-refractivity contribution in [3.8, 4) is 0 Å². The SMILES string of the molecule is CCc1cc(N2CCN(c3nc(C)nc4c3CCC4)CC2)nc(C2CC2)n1. The average Bonchev–Trinajstić information content (AvgIpc) is 3.45. The number of fused-ring (bicyclic) bond motifs is 1. The summed E-state index contributed by atoms with van der Waals surface area (Å²) < 4.78 is 0. The standard InChI is InChI=1S/C21H28N6/c1-3-16-13-19(25-20(24-16)15-7-8-15)26-9-11-27(12-10-26)21-17-5-4-6-18(17)22-14(2)23-21/h13,15H,3-12H2,1-2H3. The summed E-state index contributed by atoms with van der Waals surface area (Å²) in [5, 5.41) is 0. The minimum atomic E-state index is 0.600. The molecule has 5 rings (SSSR count). The highest BCUT2D eigenvalue weighted by atomic mass is 15.3. The lowest BCUT2D eigenvalue weighted by Gasteiger charge is -2.37. The van der Waals surface area contributed by atoms with Crippen LogP contribution in [0.5, 0.6) is 0 Å². The molecule has 2 aromatic rings. The van der Waals surface area contributed by atoms with Gasteiger partial charge in [0.05, 0.1) is 0 Å². The zero-order valence-corrected chi connectivity index (χ0v) is 16.4. The van der Waals surface area contributed by atoms with E-state index in [1.807, 2.05) is 6.92 Å². The highest BCUT2D eigenvalue weighted by Gasteiger charge is 2.29. The molecule has 1 saturated heterocycles. The molecule has 1 aliphatic heterocycles. The van der Waals surface area contributed by atoms with Crippen LogP contribution in [-0.4, -0.2) is 46.1 Å². The van der Waals surface area contributed by atoms with Crippen LogP contribution in [0.1, 0.15) is 60.7 Å². The van der Waals surface area contributed by atoms with Crippen molar-refractivity contribution in [1.29, 1.82) is 0 Å². The molecule has 2 fully saturated rings. The molecule has 0 unspecified atom stereocenters. The topological polar surface area (TPSA) is 58.0 Å². The Hall–Kier alpha value is -2.24. The van der Waals surface area contributed by atoms with Gasteiger partial charge in [-0.1, -0.05) is 6.92 Å². The van der Waals surface area contributed by atoms with Gasteiger partial charge in [0.15, 0.2) is 0 Å². The Morgan fingerprint density at radius 1 is 0.963 bits per heavy atom. The second-order valence-electron chi connectivity index (χ2n) is 8.05. The van der Waals surface area contributed by atoms with Crippen LogP contribution in [0.15, 0.2) is 6.07 Å². The first-order valence-electron chi connectivity index (χ1n) is 10.5. The second kappa shape index (κ2) is 6.73. The molecular weight excluding hydrogens is 336 g/mol. The molecule has 1 saturated carbocycles. The van der Waals surface area contributed by atoms with Gasteiger partial charge in [0, 0.05) is 55.1 Å². The molecule has 0 aromatic carbocycles. The van der Waals surface area contributed by atoms with Gasteiger partial charge in [-0.3, -0.25) is 0 Å². The normalized spacial score (nSPS) is 19.5. The number of rotatable bonds is 4. The zero-order valence-electron chi connectivity index (χ0n) is 16.4. The van der Waals surface area contributed by atoms with Crippen LogP contribution in [0.4, 0.5) is 11.6 Å². The van der Waals surface area contributed by atoms with Gasteiger partial charge in [0.2, 0.25) is 0 Å². The molecule has 6 heteroatoms. The number of anilines is 2. The maximum absolute atomic E-state index is 4.91. The summed E-state index contributed by atoms with van der Waals surface area (Å²) in [4.78, 5) is 24.0. The predicted octanol–water partition coefficient (Wildman–Crippen LogP) is 2.83. The number of piperazine rings is 1. The van der Waals surface area contributed by atoms with Crippen LogP contribution in [0.25, 0.3) is 0 Å². The summed E-state index contributed by atoms with van der Waals surface area (Å²) in [6.07, 6.45) is 6.92. The van der Waals surface area contributed by atoms with Crippen LogP contribution in [0.3, 0.4) is 0 Å². The van der Waals surface area contributed by atoms with Crippen LogP contribution in [0, 0.1) is 6.92 Å². The number of aromatic nitrogens is 4. The first-order chi connectivity index (χ1) is 13.2.